The number of nitrogens with zero attached hydrogens (tertiary/aromatic N) is 1. The second-order valence-electron chi connectivity index (χ2n) is 6.63. The van der Waals surface area contributed by atoms with Crippen molar-refractivity contribution in [3.05, 3.63) is 78.4 Å². The molecule has 0 spiro atoms. The van der Waals surface area contributed by atoms with E-state index in [1.165, 1.54) is 4.90 Å². The van der Waals surface area contributed by atoms with Gasteiger partial charge < -0.3 is 10.2 Å². The molecule has 0 unspecified atom stereocenters. The maximum absolute atomic E-state index is 13.1. The number of sulfonamides is 1. The number of rotatable bonds is 4. The third-order valence-corrected chi connectivity index (χ3v) is 6.05. The number of nitrogens with one attached hydrogen (secondary N) is 2. The van der Waals surface area contributed by atoms with Gasteiger partial charge in [-0.3, -0.25) is 4.72 Å². The van der Waals surface area contributed by atoms with Crippen LogP contribution in [0.1, 0.15) is 5.56 Å². The normalized spacial score (nSPS) is 13.6. The fourth-order valence-electron chi connectivity index (χ4n) is 3.22. The second kappa shape index (κ2) is 7.01. The number of hydrogen-bond acceptors (Lipinski definition) is 3. The average molecular weight is 393 g/mol. The Morgan fingerprint density at radius 1 is 0.964 bits per heavy atom. The summed E-state index contributed by atoms with van der Waals surface area (Å²) in [6.07, 6.45) is 0. The molecule has 0 saturated carbocycles. The number of benzene rings is 3. The number of amides is 2. The molecule has 0 atom stereocenters. The van der Waals surface area contributed by atoms with Crippen molar-refractivity contribution in [3.63, 3.8) is 0 Å². The zero-order valence-electron chi connectivity index (χ0n) is 15.2. The average Bonchev–Trinajstić information content (AvgIpc) is 2.69. The van der Waals surface area contributed by atoms with Crippen LogP contribution in [0.25, 0.3) is 11.1 Å². The zero-order valence-corrected chi connectivity index (χ0v) is 16.0. The molecule has 2 amide bonds. The van der Waals surface area contributed by atoms with Gasteiger partial charge in [0.2, 0.25) is 0 Å². The van der Waals surface area contributed by atoms with Gasteiger partial charge >= 0.3 is 6.03 Å². The van der Waals surface area contributed by atoms with Gasteiger partial charge in [0.1, 0.15) is 0 Å². The molecule has 0 radical (unpaired) electrons. The van der Waals surface area contributed by atoms with Crippen molar-refractivity contribution < 1.29 is 13.2 Å². The summed E-state index contributed by atoms with van der Waals surface area (Å²) >= 11 is 0. The van der Waals surface area contributed by atoms with E-state index in [0.29, 0.717) is 23.5 Å². The topological polar surface area (TPSA) is 78.5 Å². The van der Waals surface area contributed by atoms with E-state index in [1.54, 1.807) is 43.4 Å². The number of hydrogen-bond donors (Lipinski definition) is 2. The summed E-state index contributed by atoms with van der Waals surface area (Å²) in [5, 5.41) is 2.77. The van der Waals surface area contributed by atoms with Crippen LogP contribution in [0, 0.1) is 0 Å². The number of fused-ring (bicyclic) bond motifs is 1. The summed E-state index contributed by atoms with van der Waals surface area (Å²) < 4.78 is 28.8. The predicted molar refractivity (Wildman–Crippen MR) is 110 cm³/mol. The fraction of sp³-hybridized carbons (Fsp3) is 0.0952. The maximum Gasteiger partial charge on any atom is 0.321 e. The fourth-order valence-corrected chi connectivity index (χ4v) is 4.50. The van der Waals surface area contributed by atoms with Crippen molar-refractivity contribution >= 4 is 27.4 Å². The van der Waals surface area contributed by atoms with E-state index in [4.69, 9.17) is 0 Å². The first-order valence-electron chi connectivity index (χ1n) is 8.76. The van der Waals surface area contributed by atoms with E-state index in [1.807, 2.05) is 36.4 Å². The first-order valence-corrected chi connectivity index (χ1v) is 10.2. The van der Waals surface area contributed by atoms with Crippen molar-refractivity contribution in [2.45, 2.75) is 11.4 Å². The van der Waals surface area contributed by atoms with Gasteiger partial charge in [0, 0.05) is 30.5 Å². The van der Waals surface area contributed by atoms with Gasteiger partial charge in [0.05, 0.1) is 4.90 Å². The van der Waals surface area contributed by atoms with Gasteiger partial charge in [-0.25, -0.2) is 13.2 Å². The summed E-state index contributed by atoms with van der Waals surface area (Å²) in [6, 6.07) is 21.2. The lowest BCUT2D eigenvalue weighted by Gasteiger charge is -2.26. The van der Waals surface area contributed by atoms with Gasteiger partial charge in [-0.2, -0.15) is 0 Å². The molecule has 2 N–H and O–H groups in total. The molecule has 0 saturated heterocycles. The second-order valence-corrected chi connectivity index (χ2v) is 8.28. The monoisotopic (exact) mass is 393 g/mol. The number of anilines is 2. The molecule has 6 nitrogen and oxygen atoms in total. The Labute approximate surface area is 163 Å². The van der Waals surface area contributed by atoms with E-state index >= 15 is 0 Å². The third kappa shape index (κ3) is 3.44. The van der Waals surface area contributed by atoms with Crippen molar-refractivity contribution in [1.29, 1.82) is 0 Å². The van der Waals surface area contributed by atoms with Crippen molar-refractivity contribution in [1.82, 2.24) is 4.90 Å². The van der Waals surface area contributed by atoms with Gasteiger partial charge in [0.25, 0.3) is 10.0 Å². The highest BCUT2D eigenvalue weighted by Gasteiger charge is 2.22. The molecular weight excluding hydrogens is 374 g/mol. The molecule has 1 aliphatic heterocycles. The molecule has 3 aromatic carbocycles. The molecule has 7 heteroatoms. The van der Waals surface area contributed by atoms with Crippen LogP contribution >= 0.6 is 0 Å². The van der Waals surface area contributed by atoms with Gasteiger partial charge in [-0.05, 0) is 35.4 Å². The largest absolute Gasteiger partial charge is 0.323 e. The first kappa shape index (κ1) is 18.1. The smallest absolute Gasteiger partial charge is 0.321 e. The summed E-state index contributed by atoms with van der Waals surface area (Å²) in [6.45, 7) is 0.414. The minimum atomic E-state index is -3.79. The van der Waals surface area contributed by atoms with Crippen LogP contribution in [0.2, 0.25) is 0 Å². The Bertz CT molecular complexity index is 1140. The summed E-state index contributed by atoms with van der Waals surface area (Å²) in [5.74, 6) is 0. The Balaban J connectivity index is 1.68. The highest BCUT2D eigenvalue weighted by Crippen LogP contribution is 2.30. The van der Waals surface area contributed by atoms with Crippen LogP contribution in [0.4, 0.5) is 16.2 Å². The maximum atomic E-state index is 13.1. The Morgan fingerprint density at radius 2 is 1.68 bits per heavy atom. The molecule has 1 aliphatic rings. The molecule has 0 fully saturated rings. The third-order valence-electron chi connectivity index (χ3n) is 4.61. The minimum Gasteiger partial charge on any atom is -0.323 e. The Kier molecular flexibility index (Phi) is 4.52. The van der Waals surface area contributed by atoms with Gasteiger partial charge in [0.15, 0.2) is 0 Å². The molecule has 4 rings (SSSR count). The van der Waals surface area contributed by atoms with Gasteiger partial charge in [-0.1, -0.05) is 48.5 Å². The van der Waals surface area contributed by atoms with E-state index in [0.717, 1.165) is 11.1 Å². The lowest BCUT2D eigenvalue weighted by molar-refractivity contribution is 0.218. The van der Waals surface area contributed by atoms with Crippen molar-refractivity contribution in [2.75, 3.05) is 17.1 Å². The van der Waals surface area contributed by atoms with E-state index in [2.05, 4.69) is 10.0 Å². The Hall–Kier alpha value is -3.32. The summed E-state index contributed by atoms with van der Waals surface area (Å²) in [7, 11) is -2.11. The quantitative estimate of drug-likeness (QED) is 0.699. The van der Waals surface area contributed by atoms with Crippen LogP contribution in [0.3, 0.4) is 0 Å². The molecule has 28 heavy (non-hydrogen) atoms. The number of carbonyl (C=O) groups excluding carboxylic acids is 1. The zero-order chi connectivity index (χ0) is 19.7. The minimum absolute atomic E-state index is 0.183. The molecular formula is C21H19N3O3S. The molecule has 142 valence electrons. The van der Waals surface area contributed by atoms with Crippen molar-refractivity contribution in [2.24, 2.45) is 0 Å². The van der Waals surface area contributed by atoms with Crippen LogP contribution in [-0.4, -0.2) is 26.4 Å². The van der Waals surface area contributed by atoms with E-state index in [-0.39, 0.29) is 10.9 Å². The number of urea groups is 1. The van der Waals surface area contributed by atoms with Gasteiger partial charge in [-0.15, -0.1) is 0 Å². The molecule has 0 bridgehead atoms. The number of carbonyl (C=O) groups is 1. The molecule has 1 heterocycles. The van der Waals surface area contributed by atoms with Crippen LogP contribution in [0.15, 0.2) is 77.7 Å². The molecule has 3 aromatic rings. The van der Waals surface area contributed by atoms with Crippen LogP contribution < -0.4 is 10.0 Å². The standard InChI is InChI=1S/C21H19N3O3S/c1-24-14-16-13-17(11-12-19(16)22-21(24)25)23-28(26,27)20-10-6-5-9-18(20)15-7-3-2-4-8-15/h2-13,23H,14H2,1H3,(H,22,25). The first-order chi connectivity index (χ1) is 13.4. The predicted octanol–water partition coefficient (Wildman–Crippen LogP) is 4.13. The Morgan fingerprint density at radius 3 is 2.46 bits per heavy atom. The van der Waals surface area contributed by atoms with Crippen LogP contribution in [-0.2, 0) is 16.6 Å². The molecule has 0 aromatic heterocycles. The lowest BCUT2D eigenvalue weighted by atomic mass is 10.1. The van der Waals surface area contributed by atoms with Crippen LogP contribution in [0.5, 0.6) is 0 Å². The molecule has 0 aliphatic carbocycles. The SMILES string of the molecule is CN1Cc2cc(NS(=O)(=O)c3ccccc3-c3ccccc3)ccc2NC1=O. The van der Waals surface area contributed by atoms with E-state index in [9.17, 15) is 13.2 Å². The van der Waals surface area contributed by atoms with Crippen molar-refractivity contribution in [3.8, 4) is 11.1 Å². The highest BCUT2D eigenvalue weighted by molar-refractivity contribution is 7.92. The lowest BCUT2D eigenvalue weighted by Crippen LogP contribution is -2.35. The summed E-state index contributed by atoms with van der Waals surface area (Å²) in [4.78, 5) is 13.5. The van der Waals surface area contributed by atoms with E-state index < -0.39 is 10.0 Å². The summed E-state index contributed by atoms with van der Waals surface area (Å²) in [5.41, 5.74) is 3.46. The highest BCUT2D eigenvalue weighted by atomic mass is 32.2.